The summed E-state index contributed by atoms with van der Waals surface area (Å²) in [6, 6.07) is 12.4. The average molecular weight is 449 g/mol. The van der Waals surface area contributed by atoms with Gasteiger partial charge in [0.1, 0.15) is 18.1 Å². The van der Waals surface area contributed by atoms with Gasteiger partial charge in [0.05, 0.1) is 10.6 Å². The van der Waals surface area contributed by atoms with Crippen LogP contribution in [0.4, 0.5) is 5.69 Å². The molecule has 0 saturated heterocycles. The summed E-state index contributed by atoms with van der Waals surface area (Å²) in [6.07, 6.45) is 1.72. The third-order valence-corrected chi connectivity index (χ3v) is 4.09. The summed E-state index contributed by atoms with van der Waals surface area (Å²) in [5.41, 5.74) is 1.21. The summed E-state index contributed by atoms with van der Waals surface area (Å²) in [4.78, 5) is 12.4. The average Bonchev–Trinajstić information content (AvgIpc) is 2.62. The van der Waals surface area contributed by atoms with Gasteiger partial charge in [-0.15, -0.1) is 0 Å². The second-order valence-corrected chi connectivity index (χ2v) is 7.11. The lowest BCUT2D eigenvalue weighted by atomic mass is 10.2. The second kappa shape index (κ2) is 10.1. The van der Waals surface area contributed by atoms with E-state index in [0.717, 1.165) is 11.4 Å². The zero-order chi connectivity index (χ0) is 19.8. The van der Waals surface area contributed by atoms with Crippen molar-refractivity contribution in [2.24, 2.45) is 0 Å². The number of nitrogens with one attached hydrogen (secondary N) is 2. The van der Waals surface area contributed by atoms with E-state index in [4.69, 9.17) is 21.7 Å². The Bertz CT molecular complexity index is 822. The molecule has 2 N–H and O–H groups in total. The minimum absolute atomic E-state index is 0.0475. The number of hydrogen-bond donors (Lipinski definition) is 2. The molecule has 1 amide bonds. The summed E-state index contributed by atoms with van der Waals surface area (Å²) in [7, 11) is 0. The fourth-order valence-electron chi connectivity index (χ4n) is 2.12. The molecule has 0 aliphatic carbocycles. The van der Waals surface area contributed by atoms with Crippen LogP contribution in [-0.4, -0.2) is 23.7 Å². The fourth-order valence-corrected chi connectivity index (χ4v) is 2.80. The highest BCUT2D eigenvalue weighted by Crippen LogP contribution is 2.27. The first-order chi connectivity index (χ1) is 12.9. The Kier molecular flexibility index (Phi) is 7.82. The number of rotatable bonds is 7. The van der Waals surface area contributed by atoms with Gasteiger partial charge in [-0.3, -0.25) is 10.1 Å². The molecular weight excluding hydrogens is 428 g/mol. The van der Waals surface area contributed by atoms with Gasteiger partial charge in [-0.05, 0) is 84.5 Å². The molecule has 0 atom stereocenters. The van der Waals surface area contributed by atoms with Crippen LogP contribution in [0.1, 0.15) is 24.2 Å². The van der Waals surface area contributed by atoms with Crippen LogP contribution in [0.15, 0.2) is 59.6 Å². The molecule has 0 unspecified atom stereocenters. The van der Waals surface area contributed by atoms with Gasteiger partial charge in [0.2, 0.25) is 0 Å². The summed E-state index contributed by atoms with van der Waals surface area (Å²) in [6.45, 7) is 7.93. The van der Waals surface area contributed by atoms with Crippen LogP contribution in [-0.2, 0) is 0 Å². The first-order valence-corrected chi connectivity index (χ1v) is 9.51. The van der Waals surface area contributed by atoms with Crippen LogP contribution < -0.4 is 20.1 Å². The largest absolute Gasteiger partial charge is 0.490 e. The quantitative estimate of drug-likeness (QED) is 0.464. The lowest BCUT2D eigenvalue weighted by molar-refractivity contribution is 0.0977. The molecule has 0 aliphatic rings. The van der Waals surface area contributed by atoms with Gasteiger partial charge in [-0.1, -0.05) is 12.7 Å². The van der Waals surface area contributed by atoms with E-state index in [0.29, 0.717) is 22.4 Å². The van der Waals surface area contributed by atoms with Crippen molar-refractivity contribution in [3.05, 3.63) is 65.2 Å². The van der Waals surface area contributed by atoms with Crippen LogP contribution in [0.2, 0.25) is 0 Å². The lowest BCUT2D eigenvalue weighted by Crippen LogP contribution is -2.34. The normalized spacial score (nSPS) is 10.2. The van der Waals surface area contributed by atoms with Crippen molar-refractivity contribution in [2.45, 2.75) is 20.0 Å². The predicted molar refractivity (Wildman–Crippen MR) is 116 cm³/mol. The van der Waals surface area contributed by atoms with Crippen molar-refractivity contribution in [1.29, 1.82) is 0 Å². The zero-order valence-electron chi connectivity index (χ0n) is 15.1. The third-order valence-electron chi connectivity index (χ3n) is 3.26. The minimum Gasteiger partial charge on any atom is -0.490 e. The number of hydrogen-bond acceptors (Lipinski definition) is 4. The number of amides is 1. The Morgan fingerprint density at radius 3 is 2.56 bits per heavy atom. The van der Waals surface area contributed by atoms with Gasteiger partial charge in [0.25, 0.3) is 5.91 Å². The molecule has 2 aromatic carbocycles. The molecular formula is C20H21BrN2O3S. The van der Waals surface area contributed by atoms with Crippen molar-refractivity contribution in [3.63, 3.8) is 0 Å². The van der Waals surface area contributed by atoms with E-state index < -0.39 is 0 Å². The van der Waals surface area contributed by atoms with Crippen LogP contribution in [0.3, 0.4) is 0 Å². The van der Waals surface area contributed by atoms with Crippen LogP contribution in [0.25, 0.3) is 0 Å². The van der Waals surface area contributed by atoms with E-state index in [-0.39, 0.29) is 17.1 Å². The molecule has 0 aliphatic heterocycles. The highest BCUT2D eigenvalue weighted by atomic mass is 79.9. The van der Waals surface area contributed by atoms with Crippen LogP contribution in [0.5, 0.6) is 11.5 Å². The molecule has 0 saturated carbocycles. The fraction of sp³-hybridized carbons (Fsp3) is 0.200. The summed E-state index contributed by atoms with van der Waals surface area (Å²) in [5.74, 6) is 1.10. The van der Waals surface area contributed by atoms with E-state index in [2.05, 4.69) is 33.1 Å². The maximum atomic E-state index is 12.4. The molecule has 2 aromatic rings. The molecule has 0 spiro atoms. The number of carbonyl (C=O) groups excluding carboxylic acids is 1. The zero-order valence-corrected chi connectivity index (χ0v) is 17.5. The van der Waals surface area contributed by atoms with E-state index in [9.17, 15) is 4.79 Å². The smallest absolute Gasteiger partial charge is 0.257 e. The van der Waals surface area contributed by atoms with Gasteiger partial charge in [-0.2, -0.15) is 0 Å². The van der Waals surface area contributed by atoms with Crippen molar-refractivity contribution in [2.75, 3.05) is 11.9 Å². The lowest BCUT2D eigenvalue weighted by Gasteiger charge is -2.13. The monoisotopic (exact) mass is 448 g/mol. The van der Waals surface area contributed by atoms with Crippen molar-refractivity contribution in [1.82, 2.24) is 5.32 Å². The molecule has 7 heteroatoms. The topological polar surface area (TPSA) is 59.6 Å². The predicted octanol–water partition coefficient (Wildman–Crippen LogP) is 4.93. The number of anilines is 1. The van der Waals surface area contributed by atoms with Crippen LogP contribution in [0, 0.1) is 0 Å². The maximum absolute atomic E-state index is 12.4. The van der Waals surface area contributed by atoms with Crippen molar-refractivity contribution < 1.29 is 14.3 Å². The molecule has 2 rings (SSSR count). The first-order valence-electron chi connectivity index (χ1n) is 8.31. The van der Waals surface area contributed by atoms with Crippen LogP contribution >= 0.6 is 28.1 Å². The SMILES string of the molecule is C=CCOc1ccc(NC(=S)NC(=O)c2ccc(OC(C)C)c(Br)c2)cc1. The number of ether oxygens (including phenoxy) is 2. The summed E-state index contributed by atoms with van der Waals surface area (Å²) < 4.78 is 11.8. The minimum atomic E-state index is -0.310. The molecule has 0 heterocycles. The first kappa shape index (κ1) is 20.9. The van der Waals surface area contributed by atoms with E-state index >= 15 is 0 Å². The van der Waals surface area contributed by atoms with E-state index in [1.54, 1.807) is 36.4 Å². The van der Waals surface area contributed by atoms with Crippen molar-refractivity contribution >= 4 is 44.9 Å². The summed E-state index contributed by atoms with van der Waals surface area (Å²) >= 11 is 8.62. The number of halogens is 1. The number of carbonyl (C=O) groups is 1. The Morgan fingerprint density at radius 2 is 1.96 bits per heavy atom. The second-order valence-electron chi connectivity index (χ2n) is 5.84. The summed E-state index contributed by atoms with van der Waals surface area (Å²) in [5, 5.41) is 5.83. The van der Waals surface area contributed by atoms with Gasteiger partial charge >= 0.3 is 0 Å². The molecule has 0 fully saturated rings. The van der Waals surface area contributed by atoms with Gasteiger partial charge in [0, 0.05) is 11.3 Å². The Morgan fingerprint density at radius 1 is 1.26 bits per heavy atom. The molecule has 27 heavy (non-hydrogen) atoms. The van der Waals surface area contributed by atoms with Gasteiger partial charge in [0.15, 0.2) is 5.11 Å². The maximum Gasteiger partial charge on any atom is 0.257 e. The standard InChI is InChI=1S/C20H21BrN2O3S/c1-4-11-25-16-8-6-15(7-9-16)22-20(27)23-19(24)14-5-10-18(17(21)12-14)26-13(2)3/h4-10,12-13H,1,11H2,2-3H3,(H2,22,23,24,27). The Labute approximate surface area is 172 Å². The molecule has 0 bridgehead atoms. The van der Waals surface area contributed by atoms with E-state index in [1.165, 1.54) is 0 Å². The molecule has 5 nitrogen and oxygen atoms in total. The number of thiocarbonyl (C=S) groups is 1. The number of benzene rings is 2. The third kappa shape index (κ3) is 6.69. The molecule has 0 aromatic heterocycles. The van der Waals surface area contributed by atoms with E-state index in [1.807, 2.05) is 26.0 Å². The molecule has 0 radical (unpaired) electrons. The highest BCUT2D eigenvalue weighted by Gasteiger charge is 2.12. The van der Waals surface area contributed by atoms with Gasteiger partial charge < -0.3 is 14.8 Å². The van der Waals surface area contributed by atoms with Gasteiger partial charge in [-0.25, -0.2) is 0 Å². The molecule has 142 valence electrons. The Hall–Kier alpha value is -2.38. The highest BCUT2D eigenvalue weighted by molar-refractivity contribution is 9.10. The van der Waals surface area contributed by atoms with Crippen molar-refractivity contribution in [3.8, 4) is 11.5 Å². The Balaban J connectivity index is 1.94.